The summed E-state index contributed by atoms with van der Waals surface area (Å²) in [5, 5.41) is 5.28. The number of aromatic nitrogens is 1. The van der Waals surface area contributed by atoms with Crippen LogP contribution in [0, 0.1) is 0 Å². The quantitative estimate of drug-likeness (QED) is 0.697. The Morgan fingerprint density at radius 2 is 1.91 bits per heavy atom. The van der Waals surface area contributed by atoms with E-state index in [1.807, 2.05) is 29.6 Å². The SMILES string of the molecule is O=S(=O)(NCCc1csc(-c2ccc(Cl)cc2)n1)c1cccs1. The van der Waals surface area contributed by atoms with E-state index < -0.39 is 10.0 Å². The van der Waals surface area contributed by atoms with Crippen LogP contribution in [0.2, 0.25) is 5.02 Å². The van der Waals surface area contributed by atoms with E-state index in [2.05, 4.69) is 9.71 Å². The van der Waals surface area contributed by atoms with E-state index in [9.17, 15) is 8.42 Å². The topological polar surface area (TPSA) is 59.1 Å². The largest absolute Gasteiger partial charge is 0.250 e. The fourth-order valence-corrected chi connectivity index (χ4v) is 5.00. The predicted molar refractivity (Wildman–Crippen MR) is 95.8 cm³/mol. The van der Waals surface area contributed by atoms with Crippen LogP contribution in [0.4, 0.5) is 0 Å². The third-order valence-corrected chi connectivity index (χ3v) is 7.13. The molecule has 23 heavy (non-hydrogen) atoms. The van der Waals surface area contributed by atoms with Crippen LogP contribution in [0.15, 0.2) is 51.4 Å². The molecule has 0 aliphatic rings. The standard InChI is InChI=1S/C15H13ClN2O2S3/c16-12-5-3-11(4-6-12)15-18-13(10-22-15)7-8-17-23(19,20)14-2-1-9-21-14/h1-6,9-10,17H,7-8H2. The Morgan fingerprint density at radius 3 is 2.61 bits per heavy atom. The first-order valence-corrected chi connectivity index (χ1v) is 10.4. The molecule has 120 valence electrons. The Morgan fingerprint density at radius 1 is 1.13 bits per heavy atom. The van der Waals surface area contributed by atoms with Crippen LogP contribution < -0.4 is 4.72 Å². The van der Waals surface area contributed by atoms with E-state index in [0.717, 1.165) is 16.3 Å². The molecule has 3 aromatic rings. The van der Waals surface area contributed by atoms with E-state index in [0.29, 0.717) is 22.2 Å². The second-order valence-electron chi connectivity index (χ2n) is 4.73. The zero-order chi connectivity index (χ0) is 16.3. The van der Waals surface area contributed by atoms with Gasteiger partial charge in [-0.25, -0.2) is 18.1 Å². The van der Waals surface area contributed by atoms with Crippen molar-refractivity contribution in [3.05, 3.63) is 57.9 Å². The number of thiophene rings is 1. The highest BCUT2D eigenvalue weighted by Gasteiger charge is 2.14. The zero-order valence-electron chi connectivity index (χ0n) is 11.9. The lowest BCUT2D eigenvalue weighted by molar-refractivity contribution is 0.583. The van der Waals surface area contributed by atoms with Crippen molar-refractivity contribution in [3.8, 4) is 10.6 Å². The van der Waals surface area contributed by atoms with Crippen LogP contribution >= 0.6 is 34.3 Å². The minimum atomic E-state index is -3.41. The molecule has 4 nitrogen and oxygen atoms in total. The lowest BCUT2D eigenvalue weighted by Gasteiger charge is -2.03. The second-order valence-corrected chi connectivity index (χ2v) is 8.97. The summed E-state index contributed by atoms with van der Waals surface area (Å²) < 4.78 is 26.9. The van der Waals surface area contributed by atoms with E-state index in [1.165, 1.54) is 22.7 Å². The van der Waals surface area contributed by atoms with Gasteiger partial charge in [-0.05, 0) is 23.6 Å². The van der Waals surface area contributed by atoms with Crippen LogP contribution in [0.1, 0.15) is 5.69 Å². The summed E-state index contributed by atoms with van der Waals surface area (Å²) in [5.41, 5.74) is 1.87. The maximum absolute atomic E-state index is 12.0. The van der Waals surface area contributed by atoms with Gasteiger partial charge in [-0.3, -0.25) is 0 Å². The van der Waals surface area contributed by atoms with E-state index >= 15 is 0 Å². The molecule has 0 bridgehead atoms. The Balaban J connectivity index is 1.61. The first kappa shape index (κ1) is 16.6. The molecule has 0 aliphatic heterocycles. The Kier molecular flexibility index (Phi) is 5.13. The number of thiazole rings is 1. The van der Waals surface area contributed by atoms with Crippen LogP contribution in [0.3, 0.4) is 0 Å². The highest BCUT2D eigenvalue weighted by molar-refractivity contribution is 7.91. The average Bonchev–Trinajstić information content (AvgIpc) is 3.19. The van der Waals surface area contributed by atoms with Crippen molar-refractivity contribution in [1.82, 2.24) is 9.71 Å². The lowest BCUT2D eigenvalue weighted by atomic mass is 10.2. The number of hydrogen-bond donors (Lipinski definition) is 1. The van der Waals surface area contributed by atoms with Gasteiger partial charge in [0.05, 0.1) is 5.69 Å². The summed E-state index contributed by atoms with van der Waals surface area (Å²) in [6.07, 6.45) is 0.550. The normalized spacial score (nSPS) is 11.7. The van der Waals surface area contributed by atoms with Crippen molar-refractivity contribution in [2.75, 3.05) is 6.54 Å². The minimum absolute atomic E-state index is 0.323. The molecule has 1 aromatic carbocycles. The van der Waals surface area contributed by atoms with Gasteiger partial charge in [-0.2, -0.15) is 0 Å². The van der Waals surface area contributed by atoms with Gasteiger partial charge >= 0.3 is 0 Å². The number of halogens is 1. The number of rotatable bonds is 6. The van der Waals surface area contributed by atoms with E-state index in [1.54, 1.807) is 17.5 Å². The van der Waals surface area contributed by atoms with Gasteiger partial charge in [-0.1, -0.05) is 29.8 Å². The molecule has 0 spiro atoms. The van der Waals surface area contributed by atoms with Gasteiger partial charge in [0, 0.05) is 28.9 Å². The Hall–Kier alpha value is -1.25. The molecule has 2 heterocycles. The van der Waals surface area contributed by atoms with Gasteiger partial charge in [0.2, 0.25) is 10.0 Å². The molecule has 0 saturated heterocycles. The highest BCUT2D eigenvalue weighted by atomic mass is 35.5. The fourth-order valence-electron chi connectivity index (χ4n) is 1.95. The van der Waals surface area contributed by atoms with Crippen LogP contribution in [0.25, 0.3) is 10.6 Å². The fraction of sp³-hybridized carbons (Fsp3) is 0.133. The molecular weight excluding hydrogens is 372 g/mol. The maximum Gasteiger partial charge on any atom is 0.250 e. The maximum atomic E-state index is 12.0. The molecule has 0 saturated carbocycles. The van der Waals surface area contributed by atoms with Crippen molar-refractivity contribution < 1.29 is 8.42 Å². The predicted octanol–water partition coefficient (Wildman–Crippen LogP) is 4.05. The summed E-state index contributed by atoms with van der Waals surface area (Å²) in [6.45, 7) is 0.323. The zero-order valence-corrected chi connectivity index (χ0v) is 15.1. The van der Waals surface area contributed by atoms with Crippen LogP contribution in [-0.4, -0.2) is 19.9 Å². The number of nitrogens with zero attached hydrogens (tertiary/aromatic N) is 1. The van der Waals surface area contributed by atoms with E-state index in [4.69, 9.17) is 11.6 Å². The molecule has 0 aliphatic carbocycles. The molecule has 0 amide bonds. The number of benzene rings is 1. The molecule has 3 rings (SSSR count). The smallest absolute Gasteiger partial charge is 0.241 e. The van der Waals surface area contributed by atoms with Crippen LogP contribution in [0.5, 0.6) is 0 Å². The number of sulfonamides is 1. The van der Waals surface area contributed by atoms with Crippen molar-refractivity contribution in [3.63, 3.8) is 0 Å². The molecule has 0 atom stereocenters. The molecule has 1 N–H and O–H groups in total. The van der Waals surface area contributed by atoms with E-state index in [-0.39, 0.29) is 0 Å². The summed E-state index contributed by atoms with van der Waals surface area (Å²) >= 11 is 8.62. The molecule has 0 fully saturated rings. The van der Waals surface area contributed by atoms with Crippen LogP contribution in [-0.2, 0) is 16.4 Å². The van der Waals surface area contributed by atoms with Gasteiger partial charge in [0.1, 0.15) is 9.22 Å². The molecule has 0 radical (unpaired) electrons. The van der Waals surface area contributed by atoms with Gasteiger partial charge < -0.3 is 0 Å². The lowest BCUT2D eigenvalue weighted by Crippen LogP contribution is -2.25. The minimum Gasteiger partial charge on any atom is -0.241 e. The monoisotopic (exact) mass is 384 g/mol. The van der Waals surface area contributed by atoms with Crippen molar-refractivity contribution >= 4 is 44.3 Å². The highest BCUT2D eigenvalue weighted by Crippen LogP contribution is 2.25. The average molecular weight is 385 g/mol. The Labute approximate surface area is 147 Å². The molecular formula is C15H13ClN2O2S3. The number of nitrogens with one attached hydrogen (secondary N) is 1. The second kappa shape index (κ2) is 7.11. The third-order valence-electron chi connectivity index (χ3n) is 3.08. The first-order chi connectivity index (χ1) is 11.0. The molecule has 0 unspecified atom stereocenters. The Bertz CT molecular complexity index is 872. The van der Waals surface area contributed by atoms with Crippen molar-refractivity contribution in [2.24, 2.45) is 0 Å². The van der Waals surface area contributed by atoms with Crippen molar-refractivity contribution in [2.45, 2.75) is 10.6 Å². The van der Waals surface area contributed by atoms with Gasteiger partial charge in [0.15, 0.2) is 0 Å². The third kappa shape index (κ3) is 4.19. The summed E-state index contributed by atoms with van der Waals surface area (Å²) in [7, 11) is -3.41. The summed E-state index contributed by atoms with van der Waals surface area (Å²) in [6, 6.07) is 10.8. The number of hydrogen-bond acceptors (Lipinski definition) is 5. The summed E-state index contributed by atoms with van der Waals surface area (Å²) in [4.78, 5) is 4.54. The van der Waals surface area contributed by atoms with Gasteiger partial charge in [0.25, 0.3) is 0 Å². The molecule has 2 aromatic heterocycles. The van der Waals surface area contributed by atoms with Gasteiger partial charge in [-0.15, -0.1) is 22.7 Å². The summed E-state index contributed by atoms with van der Waals surface area (Å²) in [5.74, 6) is 0. The van der Waals surface area contributed by atoms with Crippen molar-refractivity contribution in [1.29, 1.82) is 0 Å². The molecule has 8 heteroatoms. The first-order valence-electron chi connectivity index (χ1n) is 6.78.